The predicted octanol–water partition coefficient (Wildman–Crippen LogP) is 2.65. The van der Waals surface area contributed by atoms with Gasteiger partial charge in [0.2, 0.25) is 0 Å². The van der Waals surface area contributed by atoms with Gasteiger partial charge in [-0.1, -0.05) is 39.0 Å². The van der Waals surface area contributed by atoms with Gasteiger partial charge in [0.25, 0.3) is 0 Å². The molecule has 0 aromatic rings. The molecule has 1 heterocycles. The van der Waals surface area contributed by atoms with Crippen LogP contribution in [0.3, 0.4) is 0 Å². The maximum absolute atomic E-state index is 11.4. The summed E-state index contributed by atoms with van der Waals surface area (Å²) in [6.45, 7) is 2.17. The summed E-state index contributed by atoms with van der Waals surface area (Å²) in [5, 5.41) is 14.5. The SMILES string of the molecule is CCCCC[C@H]1NC(=O)N[C@@H]1CCCCCC(=O)O. The van der Waals surface area contributed by atoms with Crippen LogP contribution in [0.1, 0.15) is 64.7 Å². The molecular weight excluding hydrogens is 244 g/mol. The van der Waals surface area contributed by atoms with E-state index < -0.39 is 5.97 Å². The summed E-state index contributed by atoms with van der Waals surface area (Å²) in [6.07, 6.45) is 8.38. The number of hydrogen-bond acceptors (Lipinski definition) is 2. The van der Waals surface area contributed by atoms with Crippen LogP contribution < -0.4 is 10.6 Å². The fourth-order valence-corrected chi connectivity index (χ4v) is 2.56. The summed E-state index contributed by atoms with van der Waals surface area (Å²) in [5.41, 5.74) is 0. The lowest BCUT2D eigenvalue weighted by atomic mass is 9.97. The van der Waals surface area contributed by atoms with Crippen molar-refractivity contribution in [2.24, 2.45) is 0 Å². The summed E-state index contributed by atoms with van der Waals surface area (Å²) in [6, 6.07) is 0.407. The third-order valence-electron chi connectivity index (χ3n) is 3.64. The Hall–Kier alpha value is -1.26. The lowest BCUT2D eigenvalue weighted by Gasteiger charge is -2.18. The number of carbonyl (C=O) groups is 2. The Bertz CT molecular complexity index is 294. The Balaban J connectivity index is 2.18. The zero-order chi connectivity index (χ0) is 14.1. The van der Waals surface area contributed by atoms with Crippen molar-refractivity contribution in [2.75, 3.05) is 0 Å². The van der Waals surface area contributed by atoms with Gasteiger partial charge in [-0.3, -0.25) is 4.79 Å². The van der Waals surface area contributed by atoms with Gasteiger partial charge in [0, 0.05) is 6.42 Å². The van der Waals surface area contributed by atoms with Gasteiger partial charge >= 0.3 is 12.0 Å². The molecule has 0 unspecified atom stereocenters. The molecule has 0 aliphatic carbocycles. The first-order valence-corrected chi connectivity index (χ1v) is 7.42. The van der Waals surface area contributed by atoms with Crippen LogP contribution in [0, 0.1) is 0 Å². The Morgan fingerprint density at radius 1 is 1.05 bits per heavy atom. The molecule has 0 saturated carbocycles. The van der Waals surface area contributed by atoms with Crippen molar-refractivity contribution < 1.29 is 14.7 Å². The van der Waals surface area contributed by atoms with E-state index in [0.717, 1.165) is 38.5 Å². The van der Waals surface area contributed by atoms with Gasteiger partial charge in [-0.05, 0) is 19.3 Å². The average molecular weight is 270 g/mol. The van der Waals surface area contributed by atoms with E-state index in [0.29, 0.717) is 0 Å². The van der Waals surface area contributed by atoms with Crippen molar-refractivity contribution in [3.8, 4) is 0 Å². The molecule has 1 saturated heterocycles. The molecule has 1 aliphatic heterocycles. The van der Waals surface area contributed by atoms with Gasteiger partial charge in [0.05, 0.1) is 12.1 Å². The fraction of sp³-hybridized carbons (Fsp3) is 0.857. The van der Waals surface area contributed by atoms with Gasteiger partial charge in [-0.2, -0.15) is 0 Å². The third-order valence-corrected chi connectivity index (χ3v) is 3.64. The van der Waals surface area contributed by atoms with E-state index in [-0.39, 0.29) is 24.5 Å². The number of hydrogen-bond donors (Lipinski definition) is 3. The molecule has 5 heteroatoms. The molecule has 2 amide bonds. The van der Waals surface area contributed by atoms with E-state index in [1.165, 1.54) is 12.8 Å². The first-order chi connectivity index (χ1) is 9.13. The highest BCUT2D eigenvalue weighted by Gasteiger charge is 2.30. The minimum atomic E-state index is -0.728. The van der Waals surface area contributed by atoms with Crippen LogP contribution >= 0.6 is 0 Å². The van der Waals surface area contributed by atoms with Gasteiger partial charge in [-0.15, -0.1) is 0 Å². The van der Waals surface area contributed by atoms with E-state index in [4.69, 9.17) is 5.11 Å². The molecule has 0 radical (unpaired) electrons. The van der Waals surface area contributed by atoms with Crippen molar-refractivity contribution in [2.45, 2.75) is 76.8 Å². The molecule has 1 fully saturated rings. The number of nitrogens with one attached hydrogen (secondary N) is 2. The van der Waals surface area contributed by atoms with Gasteiger partial charge in [0.15, 0.2) is 0 Å². The number of urea groups is 1. The molecule has 2 atom stereocenters. The smallest absolute Gasteiger partial charge is 0.315 e. The number of aliphatic carboxylic acids is 1. The van der Waals surface area contributed by atoms with E-state index in [1.807, 2.05) is 0 Å². The second kappa shape index (κ2) is 8.77. The highest BCUT2D eigenvalue weighted by Crippen LogP contribution is 2.16. The zero-order valence-corrected chi connectivity index (χ0v) is 11.8. The normalized spacial score (nSPS) is 22.1. The van der Waals surface area contributed by atoms with E-state index in [2.05, 4.69) is 17.6 Å². The third kappa shape index (κ3) is 6.45. The topological polar surface area (TPSA) is 78.4 Å². The summed E-state index contributed by atoms with van der Waals surface area (Å²) < 4.78 is 0. The first-order valence-electron chi connectivity index (χ1n) is 7.42. The van der Waals surface area contributed by atoms with E-state index in [1.54, 1.807) is 0 Å². The van der Waals surface area contributed by atoms with Gasteiger partial charge in [-0.25, -0.2) is 4.79 Å². The Kier molecular flexibility index (Phi) is 7.30. The molecule has 5 nitrogen and oxygen atoms in total. The number of carboxylic acid groups (broad SMARTS) is 1. The van der Waals surface area contributed by atoms with E-state index >= 15 is 0 Å². The Labute approximate surface area is 115 Å². The molecule has 0 bridgehead atoms. The Morgan fingerprint density at radius 2 is 1.63 bits per heavy atom. The fourth-order valence-electron chi connectivity index (χ4n) is 2.56. The number of carboxylic acids is 1. The van der Waals surface area contributed by atoms with Crippen LogP contribution in [0.4, 0.5) is 4.79 Å². The van der Waals surface area contributed by atoms with Crippen LogP contribution in [0.2, 0.25) is 0 Å². The summed E-state index contributed by atoms with van der Waals surface area (Å²) >= 11 is 0. The Morgan fingerprint density at radius 3 is 2.16 bits per heavy atom. The minimum Gasteiger partial charge on any atom is -0.481 e. The monoisotopic (exact) mass is 270 g/mol. The van der Waals surface area contributed by atoms with Crippen LogP contribution in [0.5, 0.6) is 0 Å². The standard InChI is InChI=1S/C14H26N2O3/c1-2-3-5-8-11-12(16-14(19)15-11)9-6-4-7-10-13(17)18/h11-12H,2-10H2,1H3,(H,17,18)(H2,15,16,19)/t11-,12-/m1/s1. The molecule has 1 aliphatic rings. The largest absolute Gasteiger partial charge is 0.481 e. The molecule has 0 aromatic heterocycles. The molecule has 0 spiro atoms. The van der Waals surface area contributed by atoms with E-state index in [9.17, 15) is 9.59 Å². The average Bonchev–Trinajstić information content (AvgIpc) is 2.69. The summed E-state index contributed by atoms with van der Waals surface area (Å²) in [7, 11) is 0. The lowest BCUT2D eigenvalue weighted by Crippen LogP contribution is -2.33. The molecule has 1 rings (SSSR count). The van der Waals surface area contributed by atoms with Crippen molar-refractivity contribution in [3.05, 3.63) is 0 Å². The quantitative estimate of drug-likeness (QED) is 0.534. The van der Waals surface area contributed by atoms with Crippen molar-refractivity contribution >= 4 is 12.0 Å². The predicted molar refractivity (Wildman–Crippen MR) is 74.1 cm³/mol. The number of amides is 2. The molecular formula is C14H26N2O3. The minimum absolute atomic E-state index is 0.0583. The second-order valence-corrected chi connectivity index (χ2v) is 5.32. The van der Waals surface area contributed by atoms with Crippen molar-refractivity contribution in [3.63, 3.8) is 0 Å². The first kappa shape index (κ1) is 15.8. The van der Waals surface area contributed by atoms with Crippen LogP contribution in [0.15, 0.2) is 0 Å². The summed E-state index contributed by atoms with van der Waals surface area (Å²) in [5.74, 6) is -0.728. The number of carbonyl (C=O) groups excluding carboxylic acids is 1. The van der Waals surface area contributed by atoms with Crippen LogP contribution in [-0.2, 0) is 4.79 Å². The maximum atomic E-state index is 11.4. The molecule has 0 aromatic carbocycles. The highest BCUT2D eigenvalue weighted by atomic mass is 16.4. The molecule has 3 N–H and O–H groups in total. The van der Waals surface area contributed by atoms with Crippen molar-refractivity contribution in [1.82, 2.24) is 10.6 Å². The van der Waals surface area contributed by atoms with Crippen molar-refractivity contribution in [1.29, 1.82) is 0 Å². The number of unbranched alkanes of at least 4 members (excludes halogenated alkanes) is 4. The lowest BCUT2D eigenvalue weighted by molar-refractivity contribution is -0.137. The van der Waals surface area contributed by atoms with Crippen LogP contribution in [0.25, 0.3) is 0 Å². The van der Waals surface area contributed by atoms with Gasteiger partial charge in [0.1, 0.15) is 0 Å². The van der Waals surface area contributed by atoms with Crippen LogP contribution in [-0.4, -0.2) is 29.2 Å². The summed E-state index contributed by atoms with van der Waals surface area (Å²) in [4.78, 5) is 21.8. The second-order valence-electron chi connectivity index (χ2n) is 5.32. The maximum Gasteiger partial charge on any atom is 0.315 e. The molecule has 19 heavy (non-hydrogen) atoms. The molecule has 110 valence electrons. The number of rotatable bonds is 10. The highest BCUT2D eigenvalue weighted by molar-refractivity contribution is 5.77. The van der Waals surface area contributed by atoms with Gasteiger partial charge < -0.3 is 15.7 Å². The zero-order valence-electron chi connectivity index (χ0n) is 11.8.